The molecule has 0 aliphatic carbocycles. The summed E-state index contributed by atoms with van der Waals surface area (Å²) in [7, 11) is 0. The lowest BCUT2D eigenvalue weighted by atomic mass is 10.7. The van der Waals surface area contributed by atoms with Gasteiger partial charge in [0, 0.05) is 6.92 Å². The van der Waals surface area contributed by atoms with Crippen LogP contribution in [0.15, 0.2) is 4.52 Å². The molecular weight excluding hydrogens is 108 g/mol. The van der Waals surface area contributed by atoms with E-state index < -0.39 is 0 Å². The van der Waals surface area contributed by atoms with E-state index in [1.807, 2.05) is 0 Å². The molecule has 42 valence electrons. The highest BCUT2D eigenvalue weighted by atomic mass is 16.5. The van der Waals surface area contributed by atoms with Crippen LogP contribution in [0.4, 0.5) is 0 Å². The monoisotopic (exact) mass is 112 g/mol. The lowest BCUT2D eigenvalue weighted by molar-refractivity contribution is 0.222. The normalized spacial score (nSPS) is 9.75. The van der Waals surface area contributed by atoms with Crippen molar-refractivity contribution < 1.29 is 9.63 Å². The Labute approximate surface area is 46.1 Å². The molecule has 0 unspecified atom stereocenters. The molecule has 1 rings (SSSR count). The summed E-state index contributed by atoms with van der Waals surface area (Å²) in [5, 5.41) is 11.5. The molecular formula is C4H4N2O2. The van der Waals surface area contributed by atoms with E-state index in [0.29, 0.717) is 0 Å². The van der Waals surface area contributed by atoms with Gasteiger partial charge in [0.2, 0.25) is 0 Å². The summed E-state index contributed by atoms with van der Waals surface area (Å²) in [6.07, 6.45) is 0. The van der Waals surface area contributed by atoms with E-state index in [1.54, 1.807) is 0 Å². The van der Waals surface area contributed by atoms with Crippen LogP contribution in [0.3, 0.4) is 0 Å². The molecule has 1 heterocycles. The number of aliphatic hydroxyl groups excluding tert-OH is 1. The second kappa shape index (κ2) is 1.92. The van der Waals surface area contributed by atoms with Gasteiger partial charge in [0.1, 0.15) is 6.61 Å². The zero-order valence-electron chi connectivity index (χ0n) is 4.03. The molecule has 0 aliphatic heterocycles. The van der Waals surface area contributed by atoms with Crippen LogP contribution in [-0.2, 0) is 6.61 Å². The fraction of sp³-hybridized carbons (Fsp3) is 0.250. The van der Waals surface area contributed by atoms with E-state index in [2.05, 4.69) is 14.7 Å². The Morgan fingerprint density at radius 1 is 1.75 bits per heavy atom. The minimum atomic E-state index is -0.260. The SMILES string of the molecule is [CH]c1noc(CO)n1. The third-order valence-electron chi connectivity index (χ3n) is 0.619. The van der Waals surface area contributed by atoms with Crippen LogP contribution in [0.5, 0.6) is 0 Å². The first-order valence-electron chi connectivity index (χ1n) is 2.02. The van der Waals surface area contributed by atoms with Crippen LogP contribution < -0.4 is 0 Å². The largest absolute Gasteiger partial charge is 0.387 e. The Morgan fingerprint density at radius 2 is 2.50 bits per heavy atom. The lowest BCUT2D eigenvalue weighted by Gasteiger charge is -1.75. The van der Waals surface area contributed by atoms with E-state index in [-0.39, 0.29) is 18.3 Å². The summed E-state index contributed by atoms with van der Waals surface area (Å²) in [5.41, 5.74) is 0. The summed E-state index contributed by atoms with van der Waals surface area (Å²) >= 11 is 0. The molecule has 0 aromatic carbocycles. The Hall–Kier alpha value is -0.900. The average molecular weight is 112 g/mol. The van der Waals surface area contributed by atoms with Crippen LogP contribution in [0.1, 0.15) is 11.7 Å². The number of aliphatic hydroxyl groups is 1. The first kappa shape index (κ1) is 5.24. The van der Waals surface area contributed by atoms with E-state index in [0.717, 1.165) is 0 Å². The van der Waals surface area contributed by atoms with Crippen LogP contribution >= 0.6 is 0 Å². The highest BCUT2D eigenvalue weighted by Gasteiger charge is 1.96. The van der Waals surface area contributed by atoms with Gasteiger partial charge in [-0.1, -0.05) is 5.16 Å². The quantitative estimate of drug-likeness (QED) is 0.538. The predicted molar refractivity (Wildman–Crippen MR) is 23.6 cm³/mol. The summed E-state index contributed by atoms with van der Waals surface area (Å²) in [6, 6.07) is 0. The second-order valence-electron chi connectivity index (χ2n) is 1.20. The average Bonchev–Trinajstić information content (AvgIpc) is 2.14. The van der Waals surface area contributed by atoms with Crippen LogP contribution in [0, 0.1) is 6.92 Å². The van der Waals surface area contributed by atoms with Crippen LogP contribution in [0.2, 0.25) is 0 Å². The predicted octanol–water partition coefficient (Wildman–Crippen LogP) is -0.379. The fourth-order valence-corrected chi connectivity index (χ4v) is 0.332. The third kappa shape index (κ3) is 0.840. The van der Waals surface area contributed by atoms with Gasteiger partial charge in [0.15, 0.2) is 5.82 Å². The highest BCUT2D eigenvalue weighted by Crippen LogP contribution is 1.92. The minimum absolute atomic E-state index is 0.0500. The zero-order valence-corrected chi connectivity index (χ0v) is 4.03. The van der Waals surface area contributed by atoms with E-state index in [1.165, 1.54) is 0 Å². The summed E-state index contributed by atoms with van der Waals surface area (Å²) in [4.78, 5) is 3.48. The van der Waals surface area contributed by atoms with Gasteiger partial charge in [0.25, 0.3) is 5.89 Å². The van der Waals surface area contributed by atoms with Gasteiger partial charge in [-0.05, 0) is 0 Å². The van der Waals surface area contributed by atoms with Crippen molar-refractivity contribution in [2.75, 3.05) is 0 Å². The zero-order chi connectivity index (χ0) is 5.98. The molecule has 0 saturated carbocycles. The molecule has 1 aromatic rings. The molecule has 4 heteroatoms. The van der Waals surface area contributed by atoms with Crippen molar-refractivity contribution in [2.24, 2.45) is 0 Å². The Balaban J connectivity index is 2.84. The van der Waals surface area contributed by atoms with Gasteiger partial charge >= 0.3 is 0 Å². The Bertz CT molecular complexity index is 172. The molecule has 1 N–H and O–H groups in total. The van der Waals surface area contributed by atoms with Gasteiger partial charge in [-0.25, -0.2) is 0 Å². The molecule has 1 aromatic heterocycles. The van der Waals surface area contributed by atoms with E-state index >= 15 is 0 Å². The number of aromatic nitrogens is 2. The molecule has 0 bridgehead atoms. The topological polar surface area (TPSA) is 59.2 Å². The highest BCUT2D eigenvalue weighted by molar-refractivity contribution is 4.86. The van der Waals surface area contributed by atoms with E-state index in [4.69, 9.17) is 12.0 Å². The molecule has 0 saturated heterocycles. The van der Waals surface area contributed by atoms with Gasteiger partial charge in [-0.15, -0.1) is 0 Å². The summed E-state index contributed by atoms with van der Waals surface area (Å²) in [5.74, 6) is 0.191. The molecule has 8 heavy (non-hydrogen) atoms. The molecule has 4 nitrogen and oxygen atoms in total. The third-order valence-corrected chi connectivity index (χ3v) is 0.619. The van der Waals surface area contributed by atoms with Crippen molar-refractivity contribution >= 4 is 0 Å². The molecule has 0 amide bonds. The maximum atomic E-state index is 8.30. The Morgan fingerprint density at radius 3 is 2.75 bits per heavy atom. The van der Waals surface area contributed by atoms with Crippen molar-refractivity contribution in [1.82, 2.24) is 10.1 Å². The molecule has 0 spiro atoms. The molecule has 0 aliphatic rings. The first-order valence-corrected chi connectivity index (χ1v) is 2.02. The number of rotatable bonds is 1. The molecule has 0 fully saturated rings. The molecule has 0 atom stereocenters. The fourth-order valence-electron chi connectivity index (χ4n) is 0.332. The summed E-state index contributed by atoms with van der Waals surface area (Å²) < 4.78 is 4.38. The number of hydrogen-bond donors (Lipinski definition) is 1. The van der Waals surface area contributed by atoms with Crippen LogP contribution in [0.25, 0.3) is 0 Å². The number of nitrogens with zero attached hydrogens (tertiary/aromatic N) is 2. The van der Waals surface area contributed by atoms with E-state index in [9.17, 15) is 0 Å². The first-order chi connectivity index (χ1) is 3.83. The van der Waals surface area contributed by atoms with Crippen molar-refractivity contribution in [3.05, 3.63) is 18.6 Å². The van der Waals surface area contributed by atoms with Crippen molar-refractivity contribution in [3.63, 3.8) is 0 Å². The van der Waals surface area contributed by atoms with Gasteiger partial charge < -0.3 is 9.63 Å². The van der Waals surface area contributed by atoms with Gasteiger partial charge in [-0.3, -0.25) is 0 Å². The lowest BCUT2D eigenvalue weighted by Crippen LogP contribution is -1.80. The molecule has 2 radical (unpaired) electrons. The van der Waals surface area contributed by atoms with Gasteiger partial charge in [-0.2, -0.15) is 4.98 Å². The van der Waals surface area contributed by atoms with Crippen molar-refractivity contribution in [2.45, 2.75) is 6.61 Å². The summed E-state index contributed by atoms with van der Waals surface area (Å²) in [6.45, 7) is 4.77. The van der Waals surface area contributed by atoms with Gasteiger partial charge in [0.05, 0.1) is 0 Å². The maximum Gasteiger partial charge on any atom is 0.252 e. The minimum Gasteiger partial charge on any atom is -0.387 e. The Kier molecular flexibility index (Phi) is 1.26. The standard InChI is InChI=1S/C4H4N2O2/c1-3-5-4(2-7)8-6-3/h1,7H,2H2. The van der Waals surface area contributed by atoms with Crippen molar-refractivity contribution in [1.29, 1.82) is 0 Å². The maximum absolute atomic E-state index is 8.30. The van der Waals surface area contributed by atoms with Crippen LogP contribution in [-0.4, -0.2) is 15.2 Å². The van der Waals surface area contributed by atoms with Crippen molar-refractivity contribution in [3.8, 4) is 0 Å². The smallest absolute Gasteiger partial charge is 0.252 e. The number of hydrogen-bond acceptors (Lipinski definition) is 4. The second-order valence-corrected chi connectivity index (χ2v) is 1.20.